The fourth-order valence-electron chi connectivity index (χ4n) is 2.96. The monoisotopic (exact) mass is 421 g/mol. The summed E-state index contributed by atoms with van der Waals surface area (Å²) in [5, 5.41) is 5.84. The molecule has 4 rings (SSSR count). The smallest absolute Gasteiger partial charge is 0.367 e. The molecule has 0 aliphatic carbocycles. The lowest BCUT2D eigenvalue weighted by molar-refractivity contribution is -0.136. The van der Waals surface area contributed by atoms with E-state index in [1.54, 1.807) is 13.0 Å². The molecule has 0 amide bonds. The Labute approximate surface area is 165 Å². The molecule has 0 saturated carbocycles. The van der Waals surface area contributed by atoms with Crippen molar-refractivity contribution >= 4 is 44.5 Å². The topological polar surface area (TPSA) is 47.9 Å². The van der Waals surface area contributed by atoms with E-state index in [4.69, 9.17) is 9.57 Å². The second-order valence-electron chi connectivity index (χ2n) is 6.23. The molecule has 0 spiro atoms. The van der Waals surface area contributed by atoms with Gasteiger partial charge in [-0.15, -0.1) is 0 Å². The predicted octanol–water partition coefficient (Wildman–Crippen LogP) is 5.50. The van der Waals surface area contributed by atoms with Gasteiger partial charge in [0.1, 0.15) is 12.4 Å². The van der Waals surface area contributed by atoms with E-state index in [0.717, 1.165) is 26.4 Å². The summed E-state index contributed by atoms with van der Waals surface area (Å²) < 4.78 is 7.12. The number of carbonyl (C=O) groups is 1. The molecule has 0 radical (unpaired) electrons. The van der Waals surface area contributed by atoms with Crippen molar-refractivity contribution in [3.63, 3.8) is 0 Å². The number of oxime groups is 1. The maximum absolute atomic E-state index is 12.0. The Kier molecular flexibility index (Phi) is 4.77. The van der Waals surface area contributed by atoms with Gasteiger partial charge in [-0.2, -0.15) is 0 Å². The Balaban J connectivity index is 1.76. The molecule has 3 aromatic carbocycles. The number of rotatable bonds is 4. The van der Waals surface area contributed by atoms with E-state index in [-0.39, 0.29) is 0 Å². The van der Waals surface area contributed by atoms with Gasteiger partial charge >= 0.3 is 5.97 Å². The number of ether oxygens (including phenoxy) is 1. The van der Waals surface area contributed by atoms with E-state index in [2.05, 4.69) is 21.1 Å². The van der Waals surface area contributed by atoms with Crippen LogP contribution in [-0.4, -0.2) is 11.7 Å². The van der Waals surface area contributed by atoms with E-state index >= 15 is 0 Å². The average Bonchev–Trinajstić information content (AvgIpc) is 3.00. The van der Waals surface area contributed by atoms with Gasteiger partial charge in [0.2, 0.25) is 0 Å². The van der Waals surface area contributed by atoms with Crippen molar-refractivity contribution in [2.75, 3.05) is 0 Å². The van der Waals surface area contributed by atoms with Gasteiger partial charge in [-0.1, -0.05) is 63.6 Å². The number of halogens is 1. The normalized spacial score (nSPS) is 15.1. The summed E-state index contributed by atoms with van der Waals surface area (Å²) in [6.45, 7) is 2.18. The van der Waals surface area contributed by atoms with Gasteiger partial charge in [-0.25, -0.2) is 4.79 Å². The number of fused-ring (bicyclic) bond motifs is 1. The zero-order valence-electron chi connectivity index (χ0n) is 14.6. The van der Waals surface area contributed by atoms with Crippen LogP contribution < -0.4 is 4.74 Å². The molecule has 1 aliphatic rings. The van der Waals surface area contributed by atoms with Crippen molar-refractivity contribution in [3.05, 3.63) is 81.8 Å². The second-order valence-corrected chi connectivity index (χ2v) is 7.14. The summed E-state index contributed by atoms with van der Waals surface area (Å²) in [6.07, 6.45) is 1.80. The van der Waals surface area contributed by atoms with Gasteiger partial charge < -0.3 is 9.57 Å². The van der Waals surface area contributed by atoms with Crippen molar-refractivity contribution in [1.82, 2.24) is 0 Å². The number of benzene rings is 3. The maximum Gasteiger partial charge on any atom is 0.367 e. The Morgan fingerprint density at radius 3 is 2.59 bits per heavy atom. The molecule has 0 saturated heterocycles. The number of carbonyl (C=O) groups excluding carboxylic acids is 1. The van der Waals surface area contributed by atoms with Gasteiger partial charge in [-0.3, -0.25) is 0 Å². The van der Waals surface area contributed by atoms with Crippen LogP contribution in [0.4, 0.5) is 0 Å². The van der Waals surface area contributed by atoms with Crippen LogP contribution in [-0.2, 0) is 16.2 Å². The summed E-state index contributed by atoms with van der Waals surface area (Å²) in [6, 6.07) is 19.9. The van der Waals surface area contributed by atoms with Crippen LogP contribution in [0, 0.1) is 0 Å². The summed E-state index contributed by atoms with van der Waals surface area (Å²) in [4.78, 5) is 16.8. The van der Waals surface area contributed by atoms with Crippen molar-refractivity contribution in [3.8, 4) is 5.75 Å². The lowest BCUT2D eigenvalue weighted by Gasteiger charge is -2.13. The highest BCUT2D eigenvalue weighted by Gasteiger charge is 2.23. The van der Waals surface area contributed by atoms with Gasteiger partial charge in [-0.05, 0) is 47.5 Å². The van der Waals surface area contributed by atoms with E-state index in [1.807, 2.05) is 60.7 Å². The van der Waals surface area contributed by atoms with E-state index in [9.17, 15) is 4.79 Å². The molecular weight excluding hydrogens is 406 g/mol. The number of nitrogens with zero attached hydrogens (tertiary/aromatic N) is 1. The molecule has 5 heteroatoms. The summed E-state index contributed by atoms with van der Waals surface area (Å²) in [5.41, 5.74) is 2.91. The van der Waals surface area contributed by atoms with E-state index < -0.39 is 5.97 Å². The zero-order chi connectivity index (χ0) is 18.8. The van der Waals surface area contributed by atoms with E-state index in [1.165, 1.54) is 0 Å². The van der Waals surface area contributed by atoms with Crippen LogP contribution in [0.3, 0.4) is 0 Å². The maximum atomic E-state index is 12.0. The third kappa shape index (κ3) is 3.64. The zero-order valence-corrected chi connectivity index (χ0v) is 16.2. The van der Waals surface area contributed by atoms with Gasteiger partial charge in [0.15, 0.2) is 0 Å². The SMILES string of the molecule is CC1=NOC(=O)/C1=C/c1c(OCc2ccc(Br)cc2)ccc2ccccc12. The Hall–Kier alpha value is -2.92. The first-order chi connectivity index (χ1) is 13.1. The standard InChI is InChI=1S/C22H16BrNO3/c1-14-19(22(25)27-24-14)12-20-18-5-3-2-4-16(18)8-11-21(20)26-13-15-6-9-17(23)10-7-15/h2-12H,13H2,1H3/b19-12+. The van der Waals surface area contributed by atoms with Crippen LogP contribution in [0.25, 0.3) is 16.8 Å². The summed E-state index contributed by atoms with van der Waals surface area (Å²) in [5.74, 6) is 0.260. The molecule has 3 aromatic rings. The lowest BCUT2D eigenvalue weighted by Crippen LogP contribution is -2.03. The average molecular weight is 422 g/mol. The van der Waals surface area contributed by atoms with Crippen molar-refractivity contribution in [2.45, 2.75) is 13.5 Å². The van der Waals surface area contributed by atoms with E-state index in [0.29, 0.717) is 23.6 Å². The highest BCUT2D eigenvalue weighted by Crippen LogP contribution is 2.32. The molecule has 1 heterocycles. The fraction of sp³-hybridized carbons (Fsp3) is 0.0909. The molecule has 0 N–H and O–H groups in total. The first-order valence-electron chi connectivity index (χ1n) is 8.49. The number of hydrogen-bond donors (Lipinski definition) is 0. The molecule has 4 nitrogen and oxygen atoms in total. The minimum atomic E-state index is -0.445. The van der Waals surface area contributed by atoms with Crippen LogP contribution in [0.2, 0.25) is 0 Å². The minimum absolute atomic E-state index is 0.430. The first kappa shape index (κ1) is 17.5. The van der Waals surface area contributed by atoms with Crippen LogP contribution in [0.5, 0.6) is 5.75 Å². The third-order valence-corrected chi connectivity index (χ3v) is 4.93. The van der Waals surface area contributed by atoms with Crippen LogP contribution >= 0.6 is 15.9 Å². The molecule has 0 atom stereocenters. The highest BCUT2D eigenvalue weighted by atomic mass is 79.9. The van der Waals surface area contributed by atoms with Crippen molar-refractivity contribution in [1.29, 1.82) is 0 Å². The van der Waals surface area contributed by atoms with Crippen molar-refractivity contribution < 1.29 is 14.4 Å². The van der Waals surface area contributed by atoms with Crippen LogP contribution in [0.1, 0.15) is 18.1 Å². The highest BCUT2D eigenvalue weighted by molar-refractivity contribution is 9.10. The Bertz CT molecular complexity index is 1080. The second kappa shape index (κ2) is 7.37. The molecular formula is C22H16BrNO3. The van der Waals surface area contributed by atoms with Gasteiger partial charge in [0, 0.05) is 10.0 Å². The molecule has 27 heavy (non-hydrogen) atoms. The summed E-state index contributed by atoms with van der Waals surface area (Å²) >= 11 is 3.44. The van der Waals surface area contributed by atoms with Gasteiger partial charge in [0.25, 0.3) is 0 Å². The quantitative estimate of drug-likeness (QED) is 0.412. The molecule has 0 unspecified atom stereocenters. The molecule has 0 aromatic heterocycles. The Morgan fingerprint density at radius 1 is 1.07 bits per heavy atom. The minimum Gasteiger partial charge on any atom is -0.488 e. The van der Waals surface area contributed by atoms with Crippen LogP contribution in [0.15, 0.2) is 75.9 Å². The number of hydrogen-bond acceptors (Lipinski definition) is 4. The summed E-state index contributed by atoms with van der Waals surface area (Å²) in [7, 11) is 0. The molecule has 0 fully saturated rings. The Morgan fingerprint density at radius 2 is 1.85 bits per heavy atom. The molecule has 1 aliphatic heterocycles. The lowest BCUT2D eigenvalue weighted by atomic mass is 10.00. The van der Waals surface area contributed by atoms with Crippen molar-refractivity contribution in [2.24, 2.45) is 5.16 Å². The largest absolute Gasteiger partial charge is 0.488 e. The third-order valence-electron chi connectivity index (χ3n) is 4.40. The predicted molar refractivity (Wildman–Crippen MR) is 110 cm³/mol. The fourth-order valence-corrected chi connectivity index (χ4v) is 3.22. The van der Waals surface area contributed by atoms with Gasteiger partial charge in [0.05, 0.1) is 11.3 Å². The molecule has 0 bridgehead atoms. The molecule has 134 valence electrons. The first-order valence-corrected chi connectivity index (χ1v) is 9.28.